The number of phenols is 1. The number of phenolic OH excluding ortho intramolecular Hbond substituents is 1. The minimum atomic E-state index is -0.305. The van der Waals surface area contributed by atoms with Gasteiger partial charge in [-0.25, -0.2) is 4.98 Å². The Morgan fingerprint density at radius 1 is 0.492 bits per heavy atom. The summed E-state index contributed by atoms with van der Waals surface area (Å²) >= 11 is 0. The van der Waals surface area contributed by atoms with Gasteiger partial charge in [0.25, 0.3) is 0 Å². The van der Waals surface area contributed by atoms with E-state index in [0.717, 1.165) is 78.4 Å². The van der Waals surface area contributed by atoms with Crippen molar-refractivity contribution < 1.29 is 5.11 Å². The zero-order valence-electron chi connectivity index (χ0n) is 35.6. The van der Waals surface area contributed by atoms with Gasteiger partial charge in [0.2, 0.25) is 0 Å². The molecule has 61 heavy (non-hydrogen) atoms. The van der Waals surface area contributed by atoms with Crippen LogP contribution in [-0.2, 0) is 10.8 Å². The van der Waals surface area contributed by atoms with Crippen LogP contribution in [0.15, 0.2) is 188 Å². The molecule has 0 unspecified atom stereocenters. The van der Waals surface area contributed by atoms with Crippen molar-refractivity contribution in [2.45, 2.75) is 52.4 Å². The minimum Gasteiger partial charge on any atom is -0.507 e. The van der Waals surface area contributed by atoms with Crippen LogP contribution in [0.25, 0.3) is 61.6 Å². The number of benzene rings is 7. The molecule has 0 bridgehead atoms. The fourth-order valence-corrected chi connectivity index (χ4v) is 8.20. The topological polar surface area (TPSA) is 54.2 Å². The summed E-state index contributed by atoms with van der Waals surface area (Å²) in [6.07, 6.45) is 1.90. The molecule has 2 heterocycles. The average Bonchev–Trinajstić information content (AvgIpc) is 3.67. The van der Waals surface area contributed by atoms with Gasteiger partial charge < -0.3 is 10.0 Å². The lowest BCUT2D eigenvalue weighted by Crippen LogP contribution is -2.17. The van der Waals surface area contributed by atoms with E-state index < -0.39 is 0 Å². The minimum absolute atomic E-state index is 0.163. The normalized spacial score (nSPS) is 11.8. The van der Waals surface area contributed by atoms with Gasteiger partial charge in [0.05, 0.1) is 22.3 Å². The molecular formula is C56H50N4O. The van der Waals surface area contributed by atoms with Gasteiger partial charge in [-0.15, -0.1) is 0 Å². The highest BCUT2D eigenvalue weighted by atomic mass is 16.3. The number of anilines is 3. The molecule has 5 heteroatoms. The largest absolute Gasteiger partial charge is 0.507 e. The van der Waals surface area contributed by atoms with E-state index in [9.17, 15) is 5.11 Å². The van der Waals surface area contributed by atoms with Crippen LogP contribution < -0.4 is 4.90 Å². The summed E-state index contributed by atoms with van der Waals surface area (Å²) in [5, 5.41) is 12.3. The van der Waals surface area contributed by atoms with Gasteiger partial charge in [0, 0.05) is 45.6 Å². The molecule has 0 saturated heterocycles. The maximum atomic E-state index is 12.3. The number of aromatic hydroxyl groups is 1. The molecule has 1 N–H and O–H groups in total. The SMILES string of the molecule is CC(C)(C)c1cc(-c2nc3c(-c4cc(-c5cc(-c6ccccc6)ccn5)cc(N(c5ccccc5)c5ccccc5)c4)cccc3n2-c2ccccc2)c(O)c(C(C)(C)C)c1. The highest BCUT2D eigenvalue weighted by molar-refractivity contribution is 5.98. The average molecular weight is 795 g/mol. The highest BCUT2D eigenvalue weighted by Gasteiger charge is 2.29. The molecule has 9 rings (SSSR count). The third kappa shape index (κ3) is 7.71. The fraction of sp³-hybridized carbons (Fsp3) is 0.143. The van der Waals surface area contributed by atoms with Crippen LogP contribution in [0, 0.1) is 0 Å². The second-order valence-corrected chi connectivity index (χ2v) is 17.8. The number of rotatable bonds is 8. The Bertz CT molecular complexity index is 2940. The van der Waals surface area contributed by atoms with Crippen molar-refractivity contribution in [3.8, 4) is 56.3 Å². The lowest BCUT2D eigenvalue weighted by Gasteiger charge is -2.27. The van der Waals surface area contributed by atoms with Gasteiger partial charge in [-0.05, 0) is 112 Å². The molecule has 0 atom stereocenters. The van der Waals surface area contributed by atoms with Gasteiger partial charge in [-0.2, -0.15) is 0 Å². The zero-order valence-corrected chi connectivity index (χ0v) is 35.6. The quantitative estimate of drug-likeness (QED) is 0.166. The van der Waals surface area contributed by atoms with Crippen LogP contribution in [0.3, 0.4) is 0 Å². The molecule has 0 fully saturated rings. The molecule has 0 saturated carbocycles. The zero-order chi connectivity index (χ0) is 42.3. The standard InChI is InChI=1S/C56H50N4O/c1-55(2,3)42-36-48(53(61)49(37-42)56(4,5)6)54-58-52-47(28-19-29-51(52)60(54)45-26-17-10-18-27-45)40-32-41(50-35-39(30-31-57-50)38-20-11-7-12-21-38)34-46(33-40)59(43-22-13-8-14-23-43)44-24-15-9-16-25-44/h7-37,61H,1-6H3. The number of nitrogens with zero attached hydrogens (tertiary/aromatic N) is 4. The summed E-state index contributed by atoms with van der Waals surface area (Å²) in [6, 6.07) is 63.5. The van der Waals surface area contributed by atoms with Crippen molar-refractivity contribution >= 4 is 28.1 Å². The van der Waals surface area contributed by atoms with Gasteiger partial charge in [-0.3, -0.25) is 9.55 Å². The smallest absolute Gasteiger partial charge is 0.149 e. The molecule has 0 aliphatic carbocycles. The molecule has 0 aliphatic rings. The second-order valence-electron chi connectivity index (χ2n) is 17.8. The molecule has 7 aromatic carbocycles. The van der Waals surface area contributed by atoms with E-state index in [1.807, 2.05) is 30.5 Å². The molecule has 0 radical (unpaired) electrons. The summed E-state index contributed by atoms with van der Waals surface area (Å²) in [4.78, 5) is 12.8. The Hall–Kier alpha value is -7.24. The highest BCUT2D eigenvalue weighted by Crippen LogP contribution is 2.45. The summed E-state index contributed by atoms with van der Waals surface area (Å²) in [5.41, 5.74) is 14.1. The Morgan fingerprint density at radius 2 is 1.10 bits per heavy atom. The number of para-hydroxylation sites is 4. The molecule has 300 valence electrons. The van der Waals surface area contributed by atoms with Crippen molar-refractivity contribution in [3.05, 3.63) is 199 Å². The van der Waals surface area contributed by atoms with Crippen molar-refractivity contribution in [2.24, 2.45) is 0 Å². The third-order valence-corrected chi connectivity index (χ3v) is 11.4. The number of pyridine rings is 1. The van der Waals surface area contributed by atoms with Crippen molar-refractivity contribution in [1.82, 2.24) is 14.5 Å². The molecule has 0 spiro atoms. The lowest BCUT2D eigenvalue weighted by atomic mass is 9.79. The van der Waals surface area contributed by atoms with Crippen LogP contribution in [0.2, 0.25) is 0 Å². The van der Waals surface area contributed by atoms with Gasteiger partial charge in [0.1, 0.15) is 11.6 Å². The first-order chi connectivity index (χ1) is 29.4. The number of hydrogen-bond donors (Lipinski definition) is 1. The van der Waals surface area contributed by atoms with Crippen LogP contribution >= 0.6 is 0 Å². The maximum absolute atomic E-state index is 12.3. The molecule has 9 aromatic rings. The number of fused-ring (bicyclic) bond motifs is 1. The van der Waals surface area contributed by atoms with Gasteiger partial charge in [0.15, 0.2) is 0 Å². The van der Waals surface area contributed by atoms with E-state index in [4.69, 9.17) is 9.97 Å². The van der Waals surface area contributed by atoms with Crippen LogP contribution in [0.4, 0.5) is 17.1 Å². The Morgan fingerprint density at radius 3 is 1.72 bits per heavy atom. The summed E-state index contributed by atoms with van der Waals surface area (Å²) in [7, 11) is 0. The first kappa shape index (κ1) is 39.2. The maximum Gasteiger partial charge on any atom is 0.149 e. The van der Waals surface area contributed by atoms with Crippen molar-refractivity contribution in [1.29, 1.82) is 0 Å². The summed E-state index contributed by atoms with van der Waals surface area (Å²) in [5.74, 6) is 0.941. The number of imidazole rings is 1. The van der Waals surface area contributed by atoms with E-state index in [0.29, 0.717) is 11.4 Å². The van der Waals surface area contributed by atoms with E-state index in [-0.39, 0.29) is 16.6 Å². The Balaban J connectivity index is 1.34. The number of hydrogen-bond acceptors (Lipinski definition) is 4. The van der Waals surface area contributed by atoms with Gasteiger partial charge >= 0.3 is 0 Å². The fourth-order valence-electron chi connectivity index (χ4n) is 8.20. The molecule has 0 amide bonds. The van der Waals surface area contributed by atoms with Crippen LogP contribution in [0.5, 0.6) is 5.75 Å². The summed E-state index contributed by atoms with van der Waals surface area (Å²) < 4.78 is 2.20. The number of aromatic nitrogens is 3. The van der Waals surface area contributed by atoms with Crippen LogP contribution in [0.1, 0.15) is 52.7 Å². The van der Waals surface area contributed by atoms with Gasteiger partial charge in [-0.1, -0.05) is 145 Å². The van der Waals surface area contributed by atoms with E-state index in [1.165, 1.54) is 0 Å². The summed E-state index contributed by atoms with van der Waals surface area (Å²) in [6.45, 7) is 13.1. The second kappa shape index (κ2) is 15.7. The molecule has 0 aliphatic heterocycles. The van der Waals surface area contributed by atoms with E-state index in [2.05, 4.69) is 209 Å². The predicted octanol–water partition coefficient (Wildman–Crippen LogP) is 14.9. The first-order valence-electron chi connectivity index (χ1n) is 21.0. The van der Waals surface area contributed by atoms with Crippen molar-refractivity contribution in [3.63, 3.8) is 0 Å². The van der Waals surface area contributed by atoms with Crippen LogP contribution in [-0.4, -0.2) is 19.6 Å². The third-order valence-electron chi connectivity index (χ3n) is 11.4. The first-order valence-corrected chi connectivity index (χ1v) is 21.0. The monoisotopic (exact) mass is 794 g/mol. The van der Waals surface area contributed by atoms with E-state index >= 15 is 0 Å². The van der Waals surface area contributed by atoms with Crippen molar-refractivity contribution in [2.75, 3.05) is 4.90 Å². The lowest BCUT2D eigenvalue weighted by molar-refractivity contribution is 0.446. The molecular weight excluding hydrogens is 745 g/mol. The molecule has 5 nitrogen and oxygen atoms in total. The Labute approximate surface area is 359 Å². The molecule has 2 aromatic heterocycles. The van der Waals surface area contributed by atoms with E-state index in [1.54, 1.807) is 0 Å². The Kier molecular flexibility index (Phi) is 10.1. The predicted molar refractivity (Wildman–Crippen MR) is 254 cm³/mol.